The summed E-state index contributed by atoms with van der Waals surface area (Å²) in [5.41, 5.74) is 0.822. The zero-order valence-corrected chi connectivity index (χ0v) is 8.82. The lowest BCUT2D eigenvalue weighted by Crippen LogP contribution is -2.01. The van der Waals surface area contributed by atoms with Crippen LogP contribution in [0.15, 0.2) is 23.0 Å². The number of aromatic nitrogens is 3. The quantitative estimate of drug-likeness (QED) is 0.809. The maximum absolute atomic E-state index is 5.71. The fourth-order valence-corrected chi connectivity index (χ4v) is 1.26. The molecule has 0 aliphatic carbocycles. The molecule has 5 nitrogen and oxygen atoms in total. The van der Waals surface area contributed by atoms with Gasteiger partial charge in [-0.05, 0) is 6.92 Å². The van der Waals surface area contributed by atoms with E-state index in [0.717, 1.165) is 11.5 Å². The average molecular weight is 225 g/mol. The molecule has 1 N–H and O–H groups in total. The number of hydrogen-bond donors (Lipinski definition) is 1. The summed E-state index contributed by atoms with van der Waals surface area (Å²) in [5.74, 6) is 1.45. The van der Waals surface area contributed by atoms with E-state index in [1.165, 1.54) is 6.33 Å². The van der Waals surface area contributed by atoms with E-state index in [1.54, 1.807) is 6.07 Å². The molecular weight excluding hydrogens is 216 g/mol. The highest BCUT2D eigenvalue weighted by atomic mass is 35.5. The second-order valence-corrected chi connectivity index (χ2v) is 3.40. The summed E-state index contributed by atoms with van der Waals surface area (Å²) >= 11 is 5.71. The first-order chi connectivity index (χ1) is 7.24. The summed E-state index contributed by atoms with van der Waals surface area (Å²) in [6.07, 6.45) is 1.40. The van der Waals surface area contributed by atoms with Crippen LogP contribution in [0.4, 0.5) is 5.82 Å². The average Bonchev–Trinajstić information content (AvgIpc) is 2.62. The Morgan fingerprint density at radius 2 is 2.27 bits per heavy atom. The monoisotopic (exact) mass is 224 g/mol. The van der Waals surface area contributed by atoms with Crippen molar-refractivity contribution in [1.29, 1.82) is 0 Å². The summed E-state index contributed by atoms with van der Waals surface area (Å²) in [6.45, 7) is 2.39. The second-order valence-electron chi connectivity index (χ2n) is 3.01. The summed E-state index contributed by atoms with van der Waals surface area (Å²) < 4.78 is 4.93. The van der Waals surface area contributed by atoms with Crippen molar-refractivity contribution in [3.8, 4) is 0 Å². The van der Waals surface area contributed by atoms with E-state index < -0.39 is 0 Å². The highest BCUT2D eigenvalue weighted by Gasteiger charge is 2.01. The fraction of sp³-hybridized carbons (Fsp3) is 0.222. The Bertz CT molecular complexity index is 457. The summed E-state index contributed by atoms with van der Waals surface area (Å²) in [6, 6.07) is 3.50. The zero-order valence-electron chi connectivity index (χ0n) is 8.07. The van der Waals surface area contributed by atoms with Crippen molar-refractivity contribution in [2.75, 3.05) is 5.32 Å². The normalized spacial score (nSPS) is 10.3. The minimum Gasteiger partial charge on any atom is -0.364 e. The number of aryl methyl sites for hydroxylation is 1. The molecule has 6 heteroatoms. The molecule has 2 aromatic rings. The Hall–Kier alpha value is -1.62. The van der Waals surface area contributed by atoms with Crippen molar-refractivity contribution >= 4 is 17.4 Å². The van der Waals surface area contributed by atoms with Gasteiger partial charge in [-0.25, -0.2) is 9.97 Å². The van der Waals surface area contributed by atoms with Gasteiger partial charge in [0, 0.05) is 12.1 Å². The standard InChI is InChI=1S/C9H9ClN4O/c1-6-2-7(14-15-6)4-11-9-3-8(10)12-5-13-9/h2-3,5H,4H2,1H3,(H,11,12,13). The summed E-state index contributed by atoms with van der Waals surface area (Å²) in [5, 5.41) is 7.30. The maximum atomic E-state index is 5.71. The lowest BCUT2D eigenvalue weighted by atomic mass is 10.4. The Balaban J connectivity index is 1.99. The summed E-state index contributed by atoms with van der Waals surface area (Å²) in [4.78, 5) is 7.78. The SMILES string of the molecule is Cc1cc(CNc2cc(Cl)ncn2)no1. The third-order valence-electron chi connectivity index (χ3n) is 1.76. The molecule has 0 saturated carbocycles. The Kier molecular flexibility index (Phi) is 2.82. The summed E-state index contributed by atoms with van der Waals surface area (Å²) in [7, 11) is 0. The van der Waals surface area contributed by atoms with Crippen LogP contribution >= 0.6 is 11.6 Å². The minimum atomic E-state index is 0.406. The van der Waals surface area contributed by atoms with Gasteiger partial charge in [0.15, 0.2) is 0 Å². The lowest BCUT2D eigenvalue weighted by molar-refractivity contribution is 0.391. The molecule has 78 valence electrons. The van der Waals surface area contributed by atoms with Crippen LogP contribution in [-0.4, -0.2) is 15.1 Å². The molecule has 0 aromatic carbocycles. The van der Waals surface area contributed by atoms with Crippen LogP contribution in [0.3, 0.4) is 0 Å². The van der Waals surface area contributed by atoms with Crippen molar-refractivity contribution in [2.45, 2.75) is 13.5 Å². The molecule has 0 saturated heterocycles. The Morgan fingerprint density at radius 3 is 2.93 bits per heavy atom. The second kappa shape index (κ2) is 4.27. The highest BCUT2D eigenvalue weighted by Crippen LogP contribution is 2.10. The number of nitrogens with zero attached hydrogens (tertiary/aromatic N) is 3. The van der Waals surface area contributed by atoms with Crippen LogP contribution in [0.5, 0.6) is 0 Å². The number of nitrogens with one attached hydrogen (secondary N) is 1. The highest BCUT2D eigenvalue weighted by molar-refractivity contribution is 6.29. The molecule has 2 aromatic heterocycles. The number of rotatable bonds is 3. The first-order valence-electron chi connectivity index (χ1n) is 4.37. The molecule has 0 atom stereocenters. The first-order valence-corrected chi connectivity index (χ1v) is 4.75. The Morgan fingerprint density at radius 1 is 1.40 bits per heavy atom. The van der Waals surface area contributed by atoms with E-state index in [-0.39, 0.29) is 0 Å². The lowest BCUT2D eigenvalue weighted by Gasteiger charge is -2.01. The van der Waals surface area contributed by atoms with Gasteiger partial charge in [-0.2, -0.15) is 0 Å². The smallest absolute Gasteiger partial charge is 0.134 e. The molecule has 2 rings (SSSR count). The third kappa shape index (κ3) is 2.66. The molecule has 0 radical (unpaired) electrons. The molecule has 0 unspecified atom stereocenters. The van der Waals surface area contributed by atoms with Crippen molar-refractivity contribution < 1.29 is 4.52 Å². The van der Waals surface area contributed by atoms with Gasteiger partial charge in [0.2, 0.25) is 0 Å². The van der Waals surface area contributed by atoms with E-state index in [2.05, 4.69) is 20.4 Å². The topological polar surface area (TPSA) is 63.8 Å². The van der Waals surface area contributed by atoms with Crippen LogP contribution in [0.2, 0.25) is 5.15 Å². The number of halogens is 1. The predicted molar refractivity (Wildman–Crippen MR) is 55.6 cm³/mol. The van der Waals surface area contributed by atoms with Crippen LogP contribution in [0.25, 0.3) is 0 Å². The van der Waals surface area contributed by atoms with Crippen LogP contribution in [0.1, 0.15) is 11.5 Å². The molecule has 0 amide bonds. The molecule has 2 heterocycles. The van der Waals surface area contributed by atoms with Crippen molar-refractivity contribution in [3.63, 3.8) is 0 Å². The van der Waals surface area contributed by atoms with Gasteiger partial charge >= 0.3 is 0 Å². The van der Waals surface area contributed by atoms with Crippen LogP contribution < -0.4 is 5.32 Å². The van der Waals surface area contributed by atoms with E-state index in [0.29, 0.717) is 17.5 Å². The molecule has 0 aliphatic rings. The van der Waals surface area contributed by atoms with Crippen molar-refractivity contribution in [2.24, 2.45) is 0 Å². The van der Waals surface area contributed by atoms with E-state index in [9.17, 15) is 0 Å². The Labute approximate surface area is 91.5 Å². The molecular formula is C9H9ClN4O. The third-order valence-corrected chi connectivity index (χ3v) is 1.97. The minimum absolute atomic E-state index is 0.406. The fourth-order valence-electron chi connectivity index (χ4n) is 1.11. The first kappa shape index (κ1) is 9.92. The number of anilines is 1. The molecule has 0 bridgehead atoms. The number of hydrogen-bond acceptors (Lipinski definition) is 5. The van der Waals surface area contributed by atoms with Gasteiger partial charge < -0.3 is 9.84 Å². The molecule has 0 spiro atoms. The van der Waals surface area contributed by atoms with E-state index in [4.69, 9.17) is 16.1 Å². The van der Waals surface area contributed by atoms with Gasteiger partial charge in [-0.15, -0.1) is 0 Å². The van der Waals surface area contributed by atoms with E-state index in [1.807, 2.05) is 13.0 Å². The van der Waals surface area contributed by atoms with E-state index >= 15 is 0 Å². The van der Waals surface area contributed by atoms with Crippen LogP contribution in [-0.2, 0) is 6.54 Å². The van der Waals surface area contributed by atoms with Crippen molar-refractivity contribution in [3.05, 3.63) is 35.1 Å². The van der Waals surface area contributed by atoms with Gasteiger partial charge in [0.25, 0.3) is 0 Å². The predicted octanol–water partition coefficient (Wildman–Crippen LogP) is 2.04. The van der Waals surface area contributed by atoms with Gasteiger partial charge in [0.05, 0.1) is 6.54 Å². The van der Waals surface area contributed by atoms with Gasteiger partial charge in [0.1, 0.15) is 28.8 Å². The molecule has 0 fully saturated rings. The van der Waals surface area contributed by atoms with Gasteiger partial charge in [-0.1, -0.05) is 16.8 Å². The van der Waals surface area contributed by atoms with Crippen molar-refractivity contribution in [1.82, 2.24) is 15.1 Å². The van der Waals surface area contributed by atoms with Gasteiger partial charge in [-0.3, -0.25) is 0 Å². The molecule has 0 aliphatic heterocycles. The van der Waals surface area contributed by atoms with Crippen LogP contribution in [0, 0.1) is 6.92 Å². The zero-order chi connectivity index (χ0) is 10.7. The largest absolute Gasteiger partial charge is 0.364 e. The molecule has 15 heavy (non-hydrogen) atoms. The maximum Gasteiger partial charge on any atom is 0.134 e.